The predicted octanol–water partition coefficient (Wildman–Crippen LogP) is 5.37. The normalized spacial score (nSPS) is 12.2. The number of Topliss-reactive ketones (excluding diaryl/α,β-unsaturated/α-hetero) is 1. The Kier molecular flexibility index (Phi) is 5.68. The third-order valence-electron chi connectivity index (χ3n) is 4.90. The molecule has 1 unspecified atom stereocenters. The lowest BCUT2D eigenvalue weighted by molar-refractivity contribution is 0.101. The lowest BCUT2D eigenvalue weighted by atomic mass is 9.98. The van der Waals surface area contributed by atoms with Gasteiger partial charge in [0.25, 0.3) is 0 Å². The molecule has 1 aromatic heterocycles. The number of aromatic nitrogens is 1. The fourth-order valence-electron chi connectivity index (χ4n) is 3.39. The zero-order valence-corrected chi connectivity index (χ0v) is 16.8. The van der Waals surface area contributed by atoms with Gasteiger partial charge in [0.1, 0.15) is 11.3 Å². The molecule has 0 N–H and O–H groups in total. The molecule has 0 saturated carbocycles. The number of hydrogen-bond donors (Lipinski definition) is 0. The summed E-state index contributed by atoms with van der Waals surface area (Å²) in [5.41, 5.74) is 3.27. The Hall–Kier alpha value is -2.89. The van der Waals surface area contributed by atoms with Crippen molar-refractivity contribution in [2.24, 2.45) is 0 Å². The molecule has 2 aromatic carbocycles. The molecule has 0 aliphatic carbocycles. The average Bonchev–Trinajstić information content (AvgIpc) is 3.05. The monoisotopic (exact) mass is 385 g/mol. The Balaban J connectivity index is 1.90. The van der Waals surface area contributed by atoms with Crippen LogP contribution in [0.15, 0.2) is 28.7 Å². The highest BCUT2D eigenvalue weighted by Gasteiger charge is 2.26. The molecule has 0 amide bonds. The molecule has 3 aromatic rings. The molecule has 6 heteroatoms. The van der Waals surface area contributed by atoms with Crippen LogP contribution in [0.5, 0.6) is 11.5 Å². The number of ketones is 1. The van der Waals surface area contributed by atoms with Crippen LogP contribution in [-0.2, 0) is 0 Å². The first kappa shape index (κ1) is 19.9. The van der Waals surface area contributed by atoms with Crippen LogP contribution in [0.2, 0.25) is 0 Å². The van der Waals surface area contributed by atoms with Crippen molar-refractivity contribution in [3.05, 3.63) is 52.7 Å². The van der Waals surface area contributed by atoms with Gasteiger partial charge in [-0.05, 0) is 49.4 Å². The van der Waals surface area contributed by atoms with Gasteiger partial charge in [-0.1, -0.05) is 19.1 Å². The zero-order valence-electron chi connectivity index (χ0n) is 16.8. The minimum absolute atomic E-state index is 0.124. The lowest BCUT2D eigenvalue weighted by Crippen LogP contribution is -2.08. The average molecular weight is 385 g/mol. The molecule has 0 aliphatic rings. The van der Waals surface area contributed by atoms with Gasteiger partial charge in [-0.2, -0.15) is 0 Å². The van der Waals surface area contributed by atoms with Crippen LogP contribution in [0.3, 0.4) is 0 Å². The first-order chi connectivity index (χ1) is 13.3. The third-order valence-corrected chi connectivity index (χ3v) is 4.90. The van der Waals surface area contributed by atoms with E-state index in [1.54, 1.807) is 19.1 Å². The second kappa shape index (κ2) is 8.00. The predicted molar refractivity (Wildman–Crippen MR) is 105 cm³/mol. The van der Waals surface area contributed by atoms with E-state index in [1.807, 2.05) is 6.92 Å². The van der Waals surface area contributed by atoms with E-state index in [1.165, 1.54) is 26.2 Å². The highest BCUT2D eigenvalue weighted by molar-refractivity contribution is 6.05. The molecular formula is C22H24FNO4. The molecule has 0 bridgehead atoms. The number of carbonyl (C=O) groups is 1. The smallest absolute Gasteiger partial charge is 0.207 e. The van der Waals surface area contributed by atoms with Crippen molar-refractivity contribution in [1.29, 1.82) is 0 Å². The SMILES string of the molecule is COc1c(C(C)=O)c(C)c2nc(C)oc2c1OCCC(C)c1ccc(F)cc1. The minimum Gasteiger partial charge on any atom is -0.492 e. The maximum absolute atomic E-state index is 13.1. The van der Waals surface area contributed by atoms with Crippen molar-refractivity contribution in [1.82, 2.24) is 4.98 Å². The number of halogens is 1. The summed E-state index contributed by atoms with van der Waals surface area (Å²) in [5, 5.41) is 0. The van der Waals surface area contributed by atoms with Crippen molar-refractivity contribution >= 4 is 16.9 Å². The van der Waals surface area contributed by atoms with E-state index in [0.29, 0.717) is 52.6 Å². The van der Waals surface area contributed by atoms with Gasteiger partial charge in [-0.15, -0.1) is 0 Å². The summed E-state index contributed by atoms with van der Waals surface area (Å²) >= 11 is 0. The van der Waals surface area contributed by atoms with Crippen molar-refractivity contribution in [3.8, 4) is 11.5 Å². The number of aryl methyl sites for hydroxylation is 2. The fraction of sp³-hybridized carbons (Fsp3) is 0.364. The third kappa shape index (κ3) is 3.72. The second-order valence-corrected chi connectivity index (χ2v) is 6.92. The maximum Gasteiger partial charge on any atom is 0.207 e. The molecule has 3 rings (SSSR count). The van der Waals surface area contributed by atoms with Crippen LogP contribution in [0.4, 0.5) is 4.39 Å². The summed E-state index contributed by atoms with van der Waals surface area (Å²) in [6, 6.07) is 6.46. The number of oxazole rings is 1. The number of benzene rings is 2. The maximum atomic E-state index is 13.1. The number of nitrogens with zero attached hydrogens (tertiary/aromatic N) is 1. The molecule has 0 saturated heterocycles. The van der Waals surface area contributed by atoms with Crippen molar-refractivity contribution in [2.45, 2.75) is 40.0 Å². The molecule has 28 heavy (non-hydrogen) atoms. The van der Waals surface area contributed by atoms with Crippen LogP contribution < -0.4 is 9.47 Å². The van der Waals surface area contributed by atoms with Crippen molar-refractivity contribution in [3.63, 3.8) is 0 Å². The summed E-state index contributed by atoms with van der Waals surface area (Å²) in [5.74, 6) is 1.04. The quantitative estimate of drug-likeness (QED) is 0.512. The number of fused-ring (bicyclic) bond motifs is 1. The van der Waals surface area contributed by atoms with E-state index in [9.17, 15) is 9.18 Å². The molecule has 148 valence electrons. The van der Waals surface area contributed by atoms with Crippen LogP contribution >= 0.6 is 0 Å². The molecule has 0 aliphatic heterocycles. The number of hydrogen-bond acceptors (Lipinski definition) is 5. The molecular weight excluding hydrogens is 361 g/mol. The van der Waals surface area contributed by atoms with Gasteiger partial charge < -0.3 is 13.9 Å². The largest absolute Gasteiger partial charge is 0.492 e. The topological polar surface area (TPSA) is 61.6 Å². The van der Waals surface area contributed by atoms with Gasteiger partial charge in [0.2, 0.25) is 11.3 Å². The van der Waals surface area contributed by atoms with Gasteiger partial charge in [-0.3, -0.25) is 4.79 Å². The van der Waals surface area contributed by atoms with E-state index >= 15 is 0 Å². The Bertz CT molecular complexity index is 1010. The first-order valence-electron chi connectivity index (χ1n) is 9.20. The van der Waals surface area contributed by atoms with Crippen molar-refractivity contribution in [2.75, 3.05) is 13.7 Å². The van der Waals surface area contributed by atoms with E-state index in [-0.39, 0.29) is 17.5 Å². The molecule has 1 atom stereocenters. The summed E-state index contributed by atoms with van der Waals surface area (Å²) in [7, 11) is 1.50. The number of carbonyl (C=O) groups excluding carboxylic acids is 1. The summed E-state index contributed by atoms with van der Waals surface area (Å²) in [4.78, 5) is 16.6. The Labute approximate surface area is 163 Å². The molecule has 5 nitrogen and oxygen atoms in total. The van der Waals surface area contributed by atoms with Crippen LogP contribution in [0, 0.1) is 19.7 Å². The van der Waals surface area contributed by atoms with Crippen LogP contribution in [0.1, 0.15) is 53.6 Å². The Morgan fingerprint density at radius 3 is 2.50 bits per heavy atom. The standard InChI is InChI=1S/C22H24FNO4/c1-12(16-6-8-17(23)9-7-16)10-11-27-22-20(26-5)18(14(3)25)13(2)19-21(22)28-15(4)24-19/h6-9,12H,10-11H2,1-5H3. The summed E-state index contributed by atoms with van der Waals surface area (Å²) in [6.45, 7) is 7.50. The molecule has 1 heterocycles. The van der Waals surface area contributed by atoms with E-state index < -0.39 is 0 Å². The van der Waals surface area contributed by atoms with Gasteiger partial charge in [0.05, 0.1) is 19.3 Å². The molecule has 0 radical (unpaired) electrons. The Morgan fingerprint density at radius 1 is 1.21 bits per heavy atom. The number of methoxy groups -OCH3 is 1. The summed E-state index contributed by atoms with van der Waals surface area (Å²) < 4.78 is 30.4. The van der Waals surface area contributed by atoms with Gasteiger partial charge in [0.15, 0.2) is 17.4 Å². The van der Waals surface area contributed by atoms with E-state index in [4.69, 9.17) is 13.9 Å². The highest BCUT2D eigenvalue weighted by atomic mass is 19.1. The van der Waals surface area contributed by atoms with E-state index in [2.05, 4.69) is 11.9 Å². The molecule has 0 fully saturated rings. The lowest BCUT2D eigenvalue weighted by Gasteiger charge is -2.17. The van der Waals surface area contributed by atoms with Gasteiger partial charge in [-0.25, -0.2) is 9.37 Å². The number of ether oxygens (including phenoxy) is 2. The van der Waals surface area contributed by atoms with Gasteiger partial charge in [0, 0.05) is 6.92 Å². The van der Waals surface area contributed by atoms with E-state index in [0.717, 1.165) is 5.56 Å². The highest BCUT2D eigenvalue weighted by Crippen LogP contribution is 2.42. The Morgan fingerprint density at radius 2 is 1.89 bits per heavy atom. The zero-order chi connectivity index (χ0) is 20.4. The van der Waals surface area contributed by atoms with Crippen LogP contribution in [0.25, 0.3) is 11.1 Å². The van der Waals surface area contributed by atoms with Gasteiger partial charge >= 0.3 is 0 Å². The van der Waals surface area contributed by atoms with Crippen LogP contribution in [-0.4, -0.2) is 24.5 Å². The molecule has 0 spiro atoms. The minimum atomic E-state index is -0.253. The number of rotatable bonds is 7. The fourth-order valence-corrected chi connectivity index (χ4v) is 3.39. The first-order valence-corrected chi connectivity index (χ1v) is 9.20. The van der Waals surface area contributed by atoms with Crippen molar-refractivity contribution < 1.29 is 23.1 Å². The summed E-state index contributed by atoms with van der Waals surface area (Å²) in [6.07, 6.45) is 0.701. The second-order valence-electron chi connectivity index (χ2n) is 6.92.